The molecule has 0 atom stereocenters. The number of hydrogen-bond donors (Lipinski definition) is 2. The lowest BCUT2D eigenvalue weighted by atomic mass is 10.2. The smallest absolute Gasteiger partial charge is 0.137 e. The fourth-order valence-corrected chi connectivity index (χ4v) is 2.72. The number of imidazole rings is 1. The summed E-state index contributed by atoms with van der Waals surface area (Å²) >= 11 is 6.01. The van der Waals surface area contributed by atoms with E-state index in [1.165, 1.54) is 6.33 Å². The highest BCUT2D eigenvalue weighted by Crippen LogP contribution is 2.23. The minimum atomic E-state index is 0.543. The van der Waals surface area contributed by atoms with E-state index < -0.39 is 0 Å². The van der Waals surface area contributed by atoms with E-state index in [9.17, 15) is 0 Å². The molecule has 0 unspecified atom stereocenters. The van der Waals surface area contributed by atoms with Gasteiger partial charge in [0, 0.05) is 10.4 Å². The van der Waals surface area contributed by atoms with Crippen LogP contribution in [-0.2, 0) is 6.54 Å². The lowest BCUT2D eigenvalue weighted by Gasteiger charge is -2.07. The summed E-state index contributed by atoms with van der Waals surface area (Å²) in [6, 6.07) is 15.7. The number of halogens is 1. The number of nitrogens with zero attached hydrogens (tertiary/aromatic N) is 3. The largest absolute Gasteiger partial charge is 0.362 e. The number of rotatable bonds is 4. The maximum absolute atomic E-state index is 6.01. The molecule has 0 spiro atoms. The number of fused-ring (bicyclic) bond motifs is 1. The van der Waals surface area contributed by atoms with Gasteiger partial charge in [0.25, 0.3) is 0 Å². The standard InChI is InChI=1S/C18H14ClN5/c19-13-6-7-14-15(8-13)22-11-23-18(14)21-10-17-20-9-16(24-17)12-4-2-1-3-5-12/h1-9,11H,10H2,(H,20,24)(H,21,22,23). The van der Waals surface area contributed by atoms with Crippen LogP contribution in [0.4, 0.5) is 5.82 Å². The fraction of sp³-hybridized carbons (Fsp3) is 0.0556. The van der Waals surface area contributed by atoms with E-state index in [4.69, 9.17) is 11.6 Å². The first kappa shape index (κ1) is 14.7. The molecule has 0 saturated carbocycles. The molecule has 0 aliphatic rings. The monoisotopic (exact) mass is 335 g/mol. The van der Waals surface area contributed by atoms with Gasteiger partial charge in [-0.1, -0.05) is 41.9 Å². The van der Waals surface area contributed by atoms with Gasteiger partial charge in [-0.15, -0.1) is 0 Å². The molecular formula is C18H14ClN5. The summed E-state index contributed by atoms with van der Waals surface area (Å²) < 4.78 is 0. The Morgan fingerprint density at radius 1 is 1.00 bits per heavy atom. The Labute approximate surface area is 143 Å². The van der Waals surface area contributed by atoms with E-state index >= 15 is 0 Å². The average molecular weight is 336 g/mol. The van der Waals surface area contributed by atoms with Gasteiger partial charge in [-0.2, -0.15) is 0 Å². The second-order valence-electron chi connectivity index (χ2n) is 5.35. The van der Waals surface area contributed by atoms with Gasteiger partial charge in [0.05, 0.1) is 24.0 Å². The first-order valence-corrected chi connectivity index (χ1v) is 7.91. The van der Waals surface area contributed by atoms with E-state index in [-0.39, 0.29) is 0 Å². The third-order valence-electron chi connectivity index (χ3n) is 3.74. The van der Waals surface area contributed by atoms with Crippen LogP contribution in [0.15, 0.2) is 61.1 Å². The molecule has 5 nitrogen and oxygen atoms in total. The highest BCUT2D eigenvalue weighted by atomic mass is 35.5. The zero-order valence-electron chi connectivity index (χ0n) is 12.7. The Hall–Kier alpha value is -2.92. The molecule has 0 amide bonds. The molecule has 0 aliphatic heterocycles. The molecule has 118 valence electrons. The summed E-state index contributed by atoms with van der Waals surface area (Å²) in [6.45, 7) is 0.543. The van der Waals surface area contributed by atoms with Crippen molar-refractivity contribution in [2.24, 2.45) is 0 Å². The van der Waals surface area contributed by atoms with Crippen LogP contribution < -0.4 is 5.32 Å². The molecule has 0 aliphatic carbocycles. The predicted molar refractivity (Wildman–Crippen MR) is 95.9 cm³/mol. The van der Waals surface area contributed by atoms with Crippen LogP contribution in [0.1, 0.15) is 5.82 Å². The third-order valence-corrected chi connectivity index (χ3v) is 3.97. The number of aromatic nitrogens is 4. The van der Waals surface area contributed by atoms with Crippen molar-refractivity contribution in [3.05, 3.63) is 71.9 Å². The van der Waals surface area contributed by atoms with Gasteiger partial charge in [-0.25, -0.2) is 15.0 Å². The van der Waals surface area contributed by atoms with Crippen LogP contribution in [0.2, 0.25) is 5.02 Å². The Balaban J connectivity index is 1.55. The van der Waals surface area contributed by atoms with Crippen molar-refractivity contribution in [1.82, 2.24) is 19.9 Å². The second kappa shape index (κ2) is 6.29. The van der Waals surface area contributed by atoms with Crippen LogP contribution >= 0.6 is 11.6 Å². The van der Waals surface area contributed by atoms with Crippen molar-refractivity contribution >= 4 is 28.3 Å². The van der Waals surface area contributed by atoms with Gasteiger partial charge in [0.1, 0.15) is 18.0 Å². The lowest BCUT2D eigenvalue weighted by molar-refractivity contribution is 0.989. The Morgan fingerprint density at radius 3 is 2.75 bits per heavy atom. The molecular weight excluding hydrogens is 322 g/mol. The molecule has 0 saturated heterocycles. The first-order valence-electron chi connectivity index (χ1n) is 7.53. The van der Waals surface area contributed by atoms with E-state index in [1.54, 1.807) is 0 Å². The van der Waals surface area contributed by atoms with Crippen LogP contribution in [0.3, 0.4) is 0 Å². The number of benzene rings is 2. The Bertz CT molecular complexity index is 981. The normalized spacial score (nSPS) is 10.9. The lowest BCUT2D eigenvalue weighted by Crippen LogP contribution is -2.04. The Morgan fingerprint density at radius 2 is 1.88 bits per heavy atom. The summed E-state index contributed by atoms with van der Waals surface area (Å²) in [5.41, 5.74) is 2.91. The fourth-order valence-electron chi connectivity index (χ4n) is 2.56. The molecule has 0 bridgehead atoms. The molecule has 0 fully saturated rings. The minimum absolute atomic E-state index is 0.543. The van der Waals surface area contributed by atoms with Crippen LogP contribution in [0.25, 0.3) is 22.2 Å². The van der Waals surface area contributed by atoms with Gasteiger partial charge in [0.2, 0.25) is 0 Å². The molecule has 4 rings (SSSR count). The van der Waals surface area contributed by atoms with Gasteiger partial charge in [-0.3, -0.25) is 0 Å². The zero-order valence-corrected chi connectivity index (χ0v) is 13.5. The van der Waals surface area contributed by atoms with Gasteiger partial charge in [-0.05, 0) is 23.8 Å². The molecule has 2 heterocycles. The molecule has 24 heavy (non-hydrogen) atoms. The maximum atomic E-state index is 6.01. The SMILES string of the molecule is Clc1ccc2c(NCc3ncc(-c4ccccc4)[nH]3)ncnc2c1. The number of aromatic amines is 1. The topological polar surface area (TPSA) is 66.5 Å². The van der Waals surface area contributed by atoms with Gasteiger partial charge in [0.15, 0.2) is 0 Å². The van der Waals surface area contributed by atoms with E-state index in [0.717, 1.165) is 33.8 Å². The average Bonchev–Trinajstić information content (AvgIpc) is 3.09. The summed E-state index contributed by atoms with van der Waals surface area (Å²) in [4.78, 5) is 16.3. The number of hydrogen-bond acceptors (Lipinski definition) is 4. The molecule has 2 aromatic heterocycles. The van der Waals surface area contributed by atoms with E-state index in [1.807, 2.05) is 54.7 Å². The quantitative estimate of drug-likeness (QED) is 0.584. The second-order valence-corrected chi connectivity index (χ2v) is 5.78. The highest BCUT2D eigenvalue weighted by molar-refractivity contribution is 6.31. The van der Waals surface area contributed by atoms with Crippen molar-refractivity contribution in [1.29, 1.82) is 0 Å². The van der Waals surface area contributed by atoms with Crippen LogP contribution in [0, 0.1) is 0 Å². The van der Waals surface area contributed by atoms with Crippen LogP contribution in [-0.4, -0.2) is 19.9 Å². The van der Waals surface area contributed by atoms with Gasteiger partial charge < -0.3 is 10.3 Å². The zero-order chi connectivity index (χ0) is 16.4. The van der Waals surface area contributed by atoms with Crippen molar-refractivity contribution in [3.8, 4) is 11.3 Å². The summed E-state index contributed by atoms with van der Waals surface area (Å²) in [6.07, 6.45) is 3.36. The van der Waals surface area contributed by atoms with Crippen molar-refractivity contribution < 1.29 is 0 Å². The number of nitrogens with one attached hydrogen (secondary N) is 2. The highest BCUT2D eigenvalue weighted by Gasteiger charge is 2.06. The number of anilines is 1. The molecule has 6 heteroatoms. The Kier molecular flexibility index (Phi) is 3.84. The molecule has 2 aromatic carbocycles. The minimum Gasteiger partial charge on any atom is -0.362 e. The summed E-state index contributed by atoms with van der Waals surface area (Å²) in [7, 11) is 0. The summed E-state index contributed by atoms with van der Waals surface area (Å²) in [5, 5.41) is 4.89. The third kappa shape index (κ3) is 2.94. The van der Waals surface area contributed by atoms with E-state index in [0.29, 0.717) is 11.6 Å². The number of H-pyrrole nitrogens is 1. The molecule has 2 N–H and O–H groups in total. The molecule has 4 aromatic rings. The predicted octanol–water partition coefficient (Wildman–Crippen LogP) is 4.29. The van der Waals surface area contributed by atoms with Crippen molar-refractivity contribution in [2.75, 3.05) is 5.32 Å². The maximum Gasteiger partial charge on any atom is 0.137 e. The molecule has 0 radical (unpaired) electrons. The van der Waals surface area contributed by atoms with Crippen LogP contribution in [0.5, 0.6) is 0 Å². The van der Waals surface area contributed by atoms with E-state index in [2.05, 4.69) is 25.3 Å². The first-order chi connectivity index (χ1) is 11.8. The van der Waals surface area contributed by atoms with Crippen molar-refractivity contribution in [3.63, 3.8) is 0 Å². The van der Waals surface area contributed by atoms with Crippen molar-refractivity contribution in [2.45, 2.75) is 6.54 Å². The van der Waals surface area contributed by atoms with Gasteiger partial charge >= 0.3 is 0 Å². The summed E-state index contributed by atoms with van der Waals surface area (Å²) in [5.74, 6) is 1.60.